The van der Waals surface area contributed by atoms with Crippen LogP contribution >= 0.6 is 0 Å². The maximum atomic E-state index is 13.8. The van der Waals surface area contributed by atoms with E-state index in [1.54, 1.807) is 21.9 Å². The SMILES string of the molecule is CCNc1nc(Nc2cc(C(C)(C)n3nccn3)nn2CC)ncc1C(C)(F)F. The van der Waals surface area contributed by atoms with Crippen molar-refractivity contribution in [2.45, 2.75) is 52.6 Å². The molecule has 9 nitrogen and oxygen atoms in total. The molecule has 0 aromatic carbocycles. The Labute approximate surface area is 167 Å². The first-order chi connectivity index (χ1) is 13.7. The van der Waals surface area contributed by atoms with Crippen LogP contribution in [0.1, 0.15) is 45.9 Å². The van der Waals surface area contributed by atoms with E-state index < -0.39 is 11.5 Å². The standard InChI is InChI=1S/C18H25F2N9/c1-6-21-15-12(18(5,19)20)11-22-16(26-15)25-14-10-13(27-28(14)7-2)17(3,4)29-23-8-9-24-29/h8-11H,6-7H2,1-5H3,(H2,21,22,25,26). The van der Waals surface area contributed by atoms with Gasteiger partial charge in [0.25, 0.3) is 5.92 Å². The number of anilines is 3. The molecular formula is C18H25F2N9. The largest absolute Gasteiger partial charge is 0.370 e. The van der Waals surface area contributed by atoms with Gasteiger partial charge >= 0.3 is 0 Å². The van der Waals surface area contributed by atoms with Gasteiger partial charge in [-0.2, -0.15) is 25.1 Å². The first kappa shape index (κ1) is 20.6. The van der Waals surface area contributed by atoms with Crippen molar-refractivity contribution in [1.82, 2.24) is 34.7 Å². The third-order valence-corrected chi connectivity index (χ3v) is 4.47. The second-order valence-corrected chi connectivity index (χ2v) is 7.11. The molecule has 0 amide bonds. The van der Waals surface area contributed by atoms with Gasteiger partial charge in [0.05, 0.1) is 23.7 Å². The first-order valence-electron chi connectivity index (χ1n) is 9.38. The van der Waals surface area contributed by atoms with Gasteiger partial charge in [-0.1, -0.05) is 0 Å². The summed E-state index contributed by atoms with van der Waals surface area (Å²) in [7, 11) is 0. The summed E-state index contributed by atoms with van der Waals surface area (Å²) in [5.41, 5.74) is -0.0910. The average Bonchev–Trinajstić information content (AvgIpc) is 3.31. The second-order valence-electron chi connectivity index (χ2n) is 7.11. The van der Waals surface area contributed by atoms with Crippen molar-refractivity contribution < 1.29 is 8.78 Å². The third kappa shape index (κ3) is 4.17. The molecule has 3 rings (SSSR count). The highest BCUT2D eigenvalue weighted by Crippen LogP contribution is 2.32. The summed E-state index contributed by atoms with van der Waals surface area (Å²) in [5.74, 6) is -2.11. The minimum Gasteiger partial charge on any atom is -0.370 e. The van der Waals surface area contributed by atoms with Crippen LogP contribution in [0.15, 0.2) is 24.7 Å². The predicted octanol–water partition coefficient (Wildman–Crippen LogP) is 3.36. The monoisotopic (exact) mass is 405 g/mol. The van der Waals surface area contributed by atoms with Crippen molar-refractivity contribution in [2.75, 3.05) is 17.2 Å². The number of rotatable bonds is 8. The van der Waals surface area contributed by atoms with Crippen molar-refractivity contribution >= 4 is 17.6 Å². The number of nitrogens with one attached hydrogen (secondary N) is 2. The Morgan fingerprint density at radius 3 is 2.38 bits per heavy atom. The van der Waals surface area contributed by atoms with Crippen LogP contribution in [0, 0.1) is 0 Å². The lowest BCUT2D eigenvalue weighted by Crippen LogP contribution is -2.30. The quantitative estimate of drug-likeness (QED) is 0.593. The zero-order chi connectivity index (χ0) is 21.2. The molecule has 2 N–H and O–H groups in total. The lowest BCUT2D eigenvalue weighted by molar-refractivity contribution is 0.0176. The van der Waals surface area contributed by atoms with Crippen molar-refractivity contribution in [3.8, 4) is 0 Å². The molecule has 29 heavy (non-hydrogen) atoms. The van der Waals surface area contributed by atoms with Crippen LogP contribution in [-0.2, 0) is 18.0 Å². The van der Waals surface area contributed by atoms with Gasteiger partial charge in [-0.25, -0.2) is 18.4 Å². The van der Waals surface area contributed by atoms with Crippen LogP contribution in [0.4, 0.5) is 26.4 Å². The summed E-state index contributed by atoms with van der Waals surface area (Å²) < 4.78 is 29.4. The van der Waals surface area contributed by atoms with Crippen LogP contribution in [0.3, 0.4) is 0 Å². The Morgan fingerprint density at radius 2 is 1.79 bits per heavy atom. The van der Waals surface area contributed by atoms with E-state index >= 15 is 0 Å². The maximum absolute atomic E-state index is 13.8. The topological polar surface area (TPSA) is 98.4 Å². The number of aromatic nitrogens is 7. The van der Waals surface area contributed by atoms with Gasteiger partial charge in [0.1, 0.15) is 17.2 Å². The Bertz CT molecular complexity index is 958. The fourth-order valence-electron chi connectivity index (χ4n) is 2.84. The molecule has 3 aromatic heterocycles. The summed E-state index contributed by atoms with van der Waals surface area (Å²) in [5, 5.41) is 19.0. The summed E-state index contributed by atoms with van der Waals surface area (Å²) in [6, 6.07) is 1.85. The molecule has 0 saturated heterocycles. The number of hydrogen-bond acceptors (Lipinski definition) is 7. The molecular weight excluding hydrogens is 380 g/mol. The van der Waals surface area contributed by atoms with Crippen molar-refractivity contribution in [3.05, 3.63) is 35.9 Å². The number of nitrogens with zero attached hydrogens (tertiary/aromatic N) is 7. The number of alkyl halides is 2. The normalized spacial score (nSPS) is 12.2. The average molecular weight is 405 g/mol. The second kappa shape index (κ2) is 7.72. The van der Waals surface area contributed by atoms with Gasteiger partial charge in [0.2, 0.25) is 5.95 Å². The molecule has 0 spiro atoms. The highest BCUT2D eigenvalue weighted by Gasteiger charge is 2.31. The van der Waals surface area contributed by atoms with Crippen LogP contribution in [-0.4, -0.2) is 41.3 Å². The molecule has 3 aromatic rings. The van der Waals surface area contributed by atoms with E-state index in [1.807, 2.05) is 33.8 Å². The van der Waals surface area contributed by atoms with E-state index in [1.165, 1.54) is 0 Å². The van der Waals surface area contributed by atoms with Crippen LogP contribution in [0.5, 0.6) is 0 Å². The third-order valence-electron chi connectivity index (χ3n) is 4.47. The Balaban J connectivity index is 1.94. The molecule has 156 valence electrons. The minimum absolute atomic E-state index is 0.0985. The van der Waals surface area contributed by atoms with Crippen LogP contribution in [0.25, 0.3) is 0 Å². The number of halogens is 2. The maximum Gasteiger partial charge on any atom is 0.275 e. The predicted molar refractivity (Wildman–Crippen MR) is 105 cm³/mol. The van der Waals surface area contributed by atoms with Crippen molar-refractivity contribution in [2.24, 2.45) is 0 Å². The molecule has 0 unspecified atom stereocenters. The smallest absolute Gasteiger partial charge is 0.275 e. The molecule has 0 bridgehead atoms. The molecule has 0 radical (unpaired) electrons. The fourth-order valence-corrected chi connectivity index (χ4v) is 2.84. The molecule has 3 heterocycles. The lowest BCUT2D eigenvalue weighted by Gasteiger charge is -2.20. The van der Waals surface area contributed by atoms with Crippen molar-refractivity contribution in [3.63, 3.8) is 0 Å². The van der Waals surface area contributed by atoms with Gasteiger partial charge in [-0.05, 0) is 27.7 Å². The number of hydrogen-bond donors (Lipinski definition) is 2. The van der Waals surface area contributed by atoms with E-state index in [9.17, 15) is 8.78 Å². The molecule has 0 fully saturated rings. The number of aryl methyl sites for hydroxylation is 1. The van der Waals surface area contributed by atoms with Gasteiger partial charge < -0.3 is 10.6 Å². The van der Waals surface area contributed by atoms with Gasteiger partial charge in [0.15, 0.2) is 0 Å². The highest BCUT2D eigenvalue weighted by atomic mass is 19.3. The van der Waals surface area contributed by atoms with E-state index in [2.05, 4.69) is 35.9 Å². The Hall–Kier alpha value is -3.11. The Kier molecular flexibility index (Phi) is 5.49. The summed E-state index contributed by atoms with van der Waals surface area (Å²) >= 11 is 0. The highest BCUT2D eigenvalue weighted by molar-refractivity contribution is 5.55. The van der Waals surface area contributed by atoms with E-state index in [0.29, 0.717) is 18.9 Å². The fraction of sp³-hybridized carbons (Fsp3) is 0.500. The van der Waals surface area contributed by atoms with Gasteiger partial charge in [-0.15, -0.1) is 0 Å². The lowest BCUT2D eigenvalue weighted by atomic mass is 10.0. The molecule has 0 aliphatic rings. The van der Waals surface area contributed by atoms with Crippen LogP contribution < -0.4 is 10.6 Å². The van der Waals surface area contributed by atoms with E-state index in [0.717, 1.165) is 18.8 Å². The van der Waals surface area contributed by atoms with E-state index in [4.69, 9.17) is 0 Å². The van der Waals surface area contributed by atoms with Gasteiger partial charge in [0, 0.05) is 32.3 Å². The molecule has 11 heteroatoms. The zero-order valence-electron chi connectivity index (χ0n) is 17.1. The molecule has 0 aliphatic carbocycles. The summed E-state index contributed by atoms with van der Waals surface area (Å²) in [4.78, 5) is 9.88. The summed E-state index contributed by atoms with van der Waals surface area (Å²) in [6.45, 7) is 9.55. The zero-order valence-corrected chi connectivity index (χ0v) is 17.1. The minimum atomic E-state index is -3.05. The molecule has 0 aliphatic heterocycles. The summed E-state index contributed by atoms with van der Waals surface area (Å²) in [6.07, 6.45) is 4.36. The van der Waals surface area contributed by atoms with Gasteiger partial charge in [-0.3, -0.25) is 0 Å². The van der Waals surface area contributed by atoms with Crippen molar-refractivity contribution in [1.29, 1.82) is 0 Å². The van der Waals surface area contributed by atoms with E-state index in [-0.39, 0.29) is 17.3 Å². The Morgan fingerprint density at radius 1 is 1.10 bits per heavy atom. The first-order valence-corrected chi connectivity index (χ1v) is 9.38. The molecule has 0 atom stereocenters. The van der Waals surface area contributed by atoms with Crippen LogP contribution in [0.2, 0.25) is 0 Å². The molecule has 0 saturated carbocycles.